The Morgan fingerprint density at radius 3 is 2.59 bits per heavy atom. The zero-order valence-electron chi connectivity index (χ0n) is 18.7. The second-order valence-corrected chi connectivity index (χ2v) is 10.6. The van der Waals surface area contributed by atoms with Gasteiger partial charge in [-0.1, -0.05) is 29.8 Å². The van der Waals surface area contributed by atoms with Crippen LogP contribution in [0.15, 0.2) is 53.3 Å². The number of esters is 1. The minimum absolute atomic E-state index is 0.0409. The van der Waals surface area contributed by atoms with E-state index in [0.29, 0.717) is 28.8 Å². The van der Waals surface area contributed by atoms with E-state index in [1.54, 1.807) is 24.3 Å². The third-order valence-corrected chi connectivity index (χ3v) is 7.42. The molecule has 34 heavy (non-hydrogen) atoms. The van der Waals surface area contributed by atoms with E-state index in [4.69, 9.17) is 4.74 Å². The molecule has 2 heterocycles. The first-order valence-corrected chi connectivity index (χ1v) is 12.8. The van der Waals surface area contributed by atoms with E-state index in [-0.39, 0.29) is 29.9 Å². The highest BCUT2D eigenvalue weighted by atomic mass is 32.2. The Hall–Kier alpha value is -3.53. The van der Waals surface area contributed by atoms with Crippen molar-refractivity contribution in [2.24, 2.45) is 0 Å². The Morgan fingerprint density at radius 1 is 1.15 bits per heavy atom. The first kappa shape index (κ1) is 23.6. The van der Waals surface area contributed by atoms with Crippen LogP contribution in [-0.2, 0) is 30.6 Å². The fourth-order valence-corrected chi connectivity index (χ4v) is 5.59. The van der Waals surface area contributed by atoms with Gasteiger partial charge in [0.1, 0.15) is 5.82 Å². The third-order valence-electron chi connectivity index (χ3n) is 5.65. The Labute approximate surface area is 196 Å². The lowest BCUT2D eigenvalue weighted by atomic mass is 10.2. The van der Waals surface area contributed by atoms with Crippen molar-refractivity contribution >= 4 is 32.6 Å². The topological polar surface area (TPSA) is 124 Å². The SMILES string of the molecule is Cc1ccc(-n2c(CCC(=O)OCC(=O)NC3CCS(=O)(=O)C3)nc3ccccc3c2=O)cc1. The van der Waals surface area contributed by atoms with Gasteiger partial charge in [0, 0.05) is 12.5 Å². The van der Waals surface area contributed by atoms with E-state index in [1.807, 2.05) is 31.2 Å². The molecule has 0 spiro atoms. The van der Waals surface area contributed by atoms with Gasteiger partial charge in [-0.25, -0.2) is 13.4 Å². The lowest BCUT2D eigenvalue weighted by Gasteiger charge is -2.14. The van der Waals surface area contributed by atoms with Crippen molar-refractivity contribution in [1.29, 1.82) is 0 Å². The predicted octanol–water partition coefficient (Wildman–Crippen LogP) is 1.47. The van der Waals surface area contributed by atoms with E-state index < -0.39 is 34.4 Å². The van der Waals surface area contributed by atoms with Gasteiger partial charge >= 0.3 is 5.97 Å². The quantitative estimate of drug-likeness (QED) is 0.505. The highest BCUT2D eigenvalue weighted by molar-refractivity contribution is 7.91. The minimum Gasteiger partial charge on any atom is -0.456 e. The molecule has 1 atom stereocenters. The molecule has 10 heteroatoms. The van der Waals surface area contributed by atoms with E-state index in [1.165, 1.54) is 4.57 Å². The van der Waals surface area contributed by atoms with Crippen LogP contribution in [-0.4, -0.2) is 54.0 Å². The molecule has 1 amide bonds. The van der Waals surface area contributed by atoms with Gasteiger partial charge < -0.3 is 10.1 Å². The molecule has 3 aromatic rings. The summed E-state index contributed by atoms with van der Waals surface area (Å²) in [7, 11) is -3.12. The van der Waals surface area contributed by atoms with Crippen LogP contribution >= 0.6 is 0 Å². The van der Waals surface area contributed by atoms with Crippen LogP contribution < -0.4 is 10.9 Å². The first-order valence-electron chi connectivity index (χ1n) is 10.9. The highest BCUT2D eigenvalue weighted by Gasteiger charge is 2.29. The number of sulfone groups is 1. The maximum atomic E-state index is 13.2. The zero-order chi connectivity index (χ0) is 24.3. The number of aryl methyl sites for hydroxylation is 2. The molecule has 0 bridgehead atoms. The average Bonchev–Trinajstić information content (AvgIpc) is 3.15. The molecule has 9 nitrogen and oxygen atoms in total. The van der Waals surface area contributed by atoms with Crippen LogP contribution in [0.4, 0.5) is 0 Å². The molecule has 1 aliphatic heterocycles. The smallest absolute Gasteiger partial charge is 0.306 e. The van der Waals surface area contributed by atoms with Gasteiger partial charge in [0.05, 0.1) is 34.5 Å². The molecule has 1 aliphatic rings. The van der Waals surface area contributed by atoms with Crippen LogP contribution in [0.25, 0.3) is 16.6 Å². The summed E-state index contributed by atoms with van der Waals surface area (Å²) in [6, 6.07) is 14.0. The number of rotatable bonds is 7. The fourth-order valence-electron chi connectivity index (χ4n) is 3.92. The predicted molar refractivity (Wildman–Crippen MR) is 127 cm³/mol. The van der Waals surface area contributed by atoms with Gasteiger partial charge in [-0.15, -0.1) is 0 Å². The molecular formula is C24H25N3O6S. The molecular weight excluding hydrogens is 458 g/mol. The molecule has 1 aromatic heterocycles. The van der Waals surface area contributed by atoms with Crippen LogP contribution in [0.5, 0.6) is 0 Å². The normalized spacial score (nSPS) is 16.9. The number of hydrogen-bond acceptors (Lipinski definition) is 7. The molecule has 4 rings (SSSR count). The van der Waals surface area contributed by atoms with Crippen LogP contribution in [0.3, 0.4) is 0 Å². The maximum absolute atomic E-state index is 13.2. The van der Waals surface area contributed by atoms with E-state index in [2.05, 4.69) is 10.3 Å². The Morgan fingerprint density at radius 2 is 1.88 bits per heavy atom. The summed E-state index contributed by atoms with van der Waals surface area (Å²) in [6.07, 6.45) is 0.406. The van der Waals surface area contributed by atoms with Gasteiger partial charge in [0.15, 0.2) is 16.4 Å². The summed E-state index contributed by atoms with van der Waals surface area (Å²) in [5.41, 5.74) is 1.99. The number of carbonyl (C=O) groups excluding carboxylic acids is 2. The number of nitrogens with one attached hydrogen (secondary N) is 1. The summed E-state index contributed by atoms with van der Waals surface area (Å²) < 4.78 is 29.5. The van der Waals surface area contributed by atoms with Crippen molar-refractivity contribution in [2.75, 3.05) is 18.1 Å². The highest BCUT2D eigenvalue weighted by Crippen LogP contribution is 2.15. The molecule has 0 aliphatic carbocycles. The number of nitrogens with zero attached hydrogens (tertiary/aromatic N) is 2. The van der Waals surface area contributed by atoms with Gasteiger partial charge in [0.25, 0.3) is 11.5 Å². The molecule has 1 N–H and O–H groups in total. The third kappa shape index (κ3) is 5.51. The molecule has 1 fully saturated rings. The Balaban J connectivity index is 1.45. The number of amides is 1. The van der Waals surface area contributed by atoms with Gasteiger partial charge in [-0.2, -0.15) is 0 Å². The number of benzene rings is 2. The number of ether oxygens (including phenoxy) is 1. The van der Waals surface area contributed by atoms with Crippen molar-refractivity contribution in [3.05, 3.63) is 70.3 Å². The number of para-hydroxylation sites is 1. The van der Waals surface area contributed by atoms with Crippen molar-refractivity contribution < 1.29 is 22.7 Å². The molecule has 1 unspecified atom stereocenters. The van der Waals surface area contributed by atoms with Gasteiger partial charge in [0.2, 0.25) is 0 Å². The van der Waals surface area contributed by atoms with E-state index in [9.17, 15) is 22.8 Å². The number of fused-ring (bicyclic) bond motifs is 1. The molecule has 0 radical (unpaired) electrons. The largest absolute Gasteiger partial charge is 0.456 e. The molecule has 2 aromatic carbocycles. The van der Waals surface area contributed by atoms with Crippen molar-refractivity contribution in [1.82, 2.24) is 14.9 Å². The number of carbonyl (C=O) groups is 2. The summed E-state index contributed by atoms with van der Waals surface area (Å²) in [4.78, 5) is 42.1. The lowest BCUT2D eigenvalue weighted by molar-refractivity contribution is -0.148. The zero-order valence-corrected chi connectivity index (χ0v) is 19.5. The van der Waals surface area contributed by atoms with Crippen LogP contribution in [0.2, 0.25) is 0 Å². The average molecular weight is 484 g/mol. The van der Waals surface area contributed by atoms with E-state index in [0.717, 1.165) is 5.56 Å². The standard InChI is InChI=1S/C24H25N3O6S/c1-16-6-8-18(9-7-16)27-21(26-20-5-3-2-4-19(20)24(27)30)10-11-23(29)33-14-22(28)25-17-12-13-34(31,32)15-17/h2-9,17H,10-15H2,1H3,(H,25,28). The fraction of sp³-hybridized carbons (Fsp3) is 0.333. The van der Waals surface area contributed by atoms with Crippen LogP contribution in [0, 0.1) is 6.92 Å². The molecule has 1 saturated heterocycles. The first-order chi connectivity index (χ1) is 16.2. The molecule has 178 valence electrons. The summed E-state index contributed by atoms with van der Waals surface area (Å²) in [5.74, 6) is -0.816. The second kappa shape index (κ2) is 9.76. The number of hydrogen-bond donors (Lipinski definition) is 1. The summed E-state index contributed by atoms with van der Waals surface area (Å²) in [6.45, 7) is 1.45. The monoisotopic (exact) mass is 483 g/mol. The number of aromatic nitrogens is 2. The van der Waals surface area contributed by atoms with Crippen molar-refractivity contribution in [3.8, 4) is 5.69 Å². The van der Waals surface area contributed by atoms with Crippen LogP contribution in [0.1, 0.15) is 24.2 Å². The Kier molecular flexibility index (Phi) is 6.78. The van der Waals surface area contributed by atoms with Gasteiger partial charge in [-0.3, -0.25) is 19.0 Å². The second-order valence-electron chi connectivity index (χ2n) is 8.35. The Bertz CT molecular complexity index is 1400. The lowest BCUT2D eigenvalue weighted by Crippen LogP contribution is -2.38. The molecule has 0 saturated carbocycles. The summed E-state index contributed by atoms with van der Waals surface area (Å²) in [5, 5.41) is 3.05. The maximum Gasteiger partial charge on any atom is 0.306 e. The van der Waals surface area contributed by atoms with Gasteiger partial charge in [-0.05, 0) is 37.6 Å². The van der Waals surface area contributed by atoms with Crippen molar-refractivity contribution in [2.45, 2.75) is 32.2 Å². The van der Waals surface area contributed by atoms with Crippen molar-refractivity contribution in [3.63, 3.8) is 0 Å². The minimum atomic E-state index is -3.12. The van der Waals surface area contributed by atoms with E-state index >= 15 is 0 Å². The summed E-state index contributed by atoms with van der Waals surface area (Å²) >= 11 is 0.